The van der Waals surface area contributed by atoms with Crippen molar-refractivity contribution in [1.29, 1.82) is 0 Å². The van der Waals surface area contributed by atoms with Gasteiger partial charge in [-0.3, -0.25) is 9.78 Å². The number of nitrogens with zero attached hydrogens (tertiary/aromatic N) is 5. The molecule has 1 aliphatic heterocycles. The molecule has 26 heavy (non-hydrogen) atoms. The van der Waals surface area contributed by atoms with Crippen LogP contribution in [0.15, 0.2) is 24.5 Å². The largest absolute Gasteiger partial charge is 0.329 e. The van der Waals surface area contributed by atoms with Crippen molar-refractivity contribution in [2.45, 2.75) is 26.2 Å². The van der Waals surface area contributed by atoms with Crippen molar-refractivity contribution in [2.24, 2.45) is 0 Å². The highest BCUT2D eigenvalue weighted by molar-refractivity contribution is 7.19. The van der Waals surface area contributed by atoms with Crippen LogP contribution in [0.4, 0.5) is 5.82 Å². The van der Waals surface area contributed by atoms with Gasteiger partial charge < -0.3 is 9.80 Å². The SMILES string of the molecule is CCN1CN(c2nc(-c3cccnc3)nc3sc4c(c23)CCC4)CC1=O. The van der Waals surface area contributed by atoms with E-state index in [1.54, 1.807) is 23.7 Å². The van der Waals surface area contributed by atoms with E-state index in [9.17, 15) is 4.79 Å². The highest BCUT2D eigenvalue weighted by Gasteiger charge is 2.31. The lowest BCUT2D eigenvalue weighted by atomic mass is 10.1. The second-order valence-corrected chi connectivity index (χ2v) is 7.82. The van der Waals surface area contributed by atoms with Crippen molar-refractivity contribution in [3.63, 3.8) is 0 Å². The van der Waals surface area contributed by atoms with Crippen LogP contribution >= 0.6 is 11.3 Å². The molecule has 0 N–H and O–H groups in total. The average molecular weight is 365 g/mol. The molecule has 0 unspecified atom stereocenters. The smallest absolute Gasteiger partial charge is 0.243 e. The zero-order valence-corrected chi connectivity index (χ0v) is 15.4. The van der Waals surface area contributed by atoms with E-state index in [-0.39, 0.29) is 5.91 Å². The predicted molar refractivity (Wildman–Crippen MR) is 102 cm³/mol. The van der Waals surface area contributed by atoms with Crippen molar-refractivity contribution in [1.82, 2.24) is 19.9 Å². The number of pyridine rings is 1. The Balaban J connectivity index is 1.70. The van der Waals surface area contributed by atoms with Gasteiger partial charge in [-0.1, -0.05) is 0 Å². The van der Waals surface area contributed by atoms with Gasteiger partial charge >= 0.3 is 0 Å². The van der Waals surface area contributed by atoms with Crippen molar-refractivity contribution in [3.05, 3.63) is 35.0 Å². The molecule has 6 nitrogen and oxygen atoms in total. The third-order valence-corrected chi connectivity index (χ3v) is 6.35. The van der Waals surface area contributed by atoms with Crippen LogP contribution in [0.25, 0.3) is 21.6 Å². The van der Waals surface area contributed by atoms with Gasteiger partial charge in [0.05, 0.1) is 12.1 Å². The first kappa shape index (κ1) is 15.7. The molecule has 4 heterocycles. The summed E-state index contributed by atoms with van der Waals surface area (Å²) in [5, 5.41) is 1.15. The Hall–Kier alpha value is -2.54. The normalized spacial score (nSPS) is 16.7. The summed E-state index contributed by atoms with van der Waals surface area (Å²) in [6.45, 7) is 3.72. The minimum Gasteiger partial charge on any atom is -0.329 e. The molecule has 0 aromatic carbocycles. The molecule has 1 aliphatic carbocycles. The fourth-order valence-electron chi connectivity index (χ4n) is 3.85. The summed E-state index contributed by atoms with van der Waals surface area (Å²) in [6.07, 6.45) is 6.94. The number of carbonyl (C=O) groups is 1. The molecule has 1 fully saturated rings. The van der Waals surface area contributed by atoms with Gasteiger partial charge in [-0.05, 0) is 43.9 Å². The number of aromatic nitrogens is 3. The van der Waals surface area contributed by atoms with E-state index in [4.69, 9.17) is 9.97 Å². The molecule has 7 heteroatoms. The molecular formula is C19H19N5OS. The monoisotopic (exact) mass is 365 g/mol. The number of carbonyl (C=O) groups excluding carboxylic acids is 1. The Morgan fingerprint density at radius 1 is 1.27 bits per heavy atom. The molecule has 3 aromatic heterocycles. The summed E-state index contributed by atoms with van der Waals surface area (Å²) in [5.41, 5.74) is 2.29. The number of anilines is 1. The van der Waals surface area contributed by atoms with Gasteiger partial charge in [-0.25, -0.2) is 9.97 Å². The van der Waals surface area contributed by atoms with Gasteiger partial charge in [-0.15, -0.1) is 11.3 Å². The summed E-state index contributed by atoms with van der Waals surface area (Å²) in [6, 6.07) is 3.88. The first-order valence-corrected chi connectivity index (χ1v) is 9.81. The number of likely N-dealkylation sites (N-methyl/N-ethyl adjacent to an activating group) is 1. The quantitative estimate of drug-likeness (QED) is 0.714. The highest BCUT2D eigenvalue weighted by Crippen LogP contribution is 2.41. The number of hydrogen-bond acceptors (Lipinski definition) is 6. The predicted octanol–water partition coefficient (Wildman–Crippen LogP) is 2.87. The summed E-state index contributed by atoms with van der Waals surface area (Å²) >= 11 is 1.78. The van der Waals surface area contributed by atoms with Crippen LogP contribution in [0.1, 0.15) is 23.8 Å². The number of rotatable bonds is 3. The number of thiophene rings is 1. The molecule has 5 rings (SSSR count). The van der Waals surface area contributed by atoms with E-state index in [1.807, 2.05) is 24.0 Å². The molecule has 0 radical (unpaired) electrons. The van der Waals surface area contributed by atoms with E-state index in [2.05, 4.69) is 9.88 Å². The Morgan fingerprint density at radius 3 is 2.96 bits per heavy atom. The number of aryl methyl sites for hydroxylation is 2. The lowest BCUT2D eigenvalue weighted by Crippen LogP contribution is -2.27. The molecule has 2 aliphatic rings. The van der Waals surface area contributed by atoms with Crippen LogP contribution in [-0.2, 0) is 17.6 Å². The minimum atomic E-state index is 0.161. The lowest BCUT2D eigenvalue weighted by molar-refractivity contribution is -0.126. The average Bonchev–Trinajstić information content (AvgIpc) is 3.35. The number of fused-ring (bicyclic) bond motifs is 3. The van der Waals surface area contributed by atoms with Gasteiger partial charge in [0.1, 0.15) is 17.2 Å². The Labute approximate surface area is 155 Å². The van der Waals surface area contributed by atoms with Gasteiger partial charge in [0.2, 0.25) is 5.91 Å². The highest BCUT2D eigenvalue weighted by atomic mass is 32.1. The number of amides is 1. The van der Waals surface area contributed by atoms with E-state index < -0.39 is 0 Å². The summed E-state index contributed by atoms with van der Waals surface area (Å²) in [4.78, 5) is 32.7. The lowest BCUT2D eigenvalue weighted by Gasteiger charge is -2.19. The molecule has 0 atom stereocenters. The van der Waals surface area contributed by atoms with Crippen LogP contribution in [0.2, 0.25) is 0 Å². The number of hydrogen-bond donors (Lipinski definition) is 0. The first-order valence-electron chi connectivity index (χ1n) is 9.00. The maximum atomic E-state index is 12.3. The minimum absolute atomic E-state index is 0.161. The topological polar surface area (TPSA) is 62.2 Å². The zero-order valence-electron chi connectivity index (χ0n) is 14.6. The van der Waals surface area contributed by atoms with Crippen LogP contribution in [0, 0.1) is 0 Å². The molecule has 132 valence electrons. The Morgan fingerprint density at radius 2 is 2.19 bits per heavy atom. The molecule has 0 spiro atoms. The van der Waals surface area contributed by atoms with Crippen molar-refractivity contribution < 1.29 is 4.79 Å². The van der Waals surface area contributed by atoms with Crippen LogP contribution in [-0.4, -0.2) is 45.5 Å². The molecule has 0 saturated carbocycles. The van der Waals surface area contributed by atoms with Gasteiger partial charge in [0.25, 0.3) is 0 Å². The van der Waals surface area contributed by atoms with Crippen LogP contribution in [0.3, 0.4) is 0 Å². The van der Waals surface area contributed by atoms with E-state index in [1.165, 1.54) is 16.9 Å². The first-order chi connectivity index (χ1) is 12.7. The molecular weight excluding hydrogens is 346 g/mol. The van der Waals surface area contributed by atoms with Gasteiger partial charge in [-0.2, -0.15) is 0 Å². The second-order valence-electron chi connectivity index (χ2n) is 6.74. The molecule has 1 amide bonds. The summed E-state index contributed by atoms with van der Waals surface area (Å²) < 4.78 is 0. The Kier molecular flexibility index (Phi) is 3.63. The van der Waals surface area contributed by atoms with Crippen molar-refractivity contribution in [2.75, 3.05) is 24.7 Å². The van der Waals surface area contributed by atoms with Crippen molar-refractivity contribution >= 4 is 33.3 Å². The molecule has 3 aromatic rings. The maximum Gasteiger partial charge on any atom is 0.243 e. The van der Waals surface area contributed by atoms with Crippen LogP contribution < -0.4 is 4.90 Å². The van der Waals surface area contributed by atoms with E-state index in [0.29, 0.717) is 19.0 Å². The maximum absolute atomic E-state index is 12.3. The van der Waals surface area contributed by atoms with E-state index in [0.717, 1.165) is 41.0 Å². The van der Waals surface area contributed by atoms with Gasteiger partial charge in [0.15, 0.2) is 5.82 Å². The Bertz CT molecular complexity index is 1000. The van der Waals surface area contributed by atoms with Gasteiger partial charge in [0, 0.05) is 29.4 Å². The fraction of sp³-hybridized carbons (Fsp3) is 0.368. The fourth-order valence-corrected chi connectivity index (χ4v) is 5.10. The third-order valence-electron chi connectivity index (χ3n) is 5.17. The third kappa shape index (κ3) is 2.38. The van der Waals surface area contributed by atoms with E-state index >= 15 is 0 Å². The summed E-state index contributed by atoms with van der Waals surface area (Å²) in [5.74, 6) is 1.74. The van der Waals surface area contributed by atoms with Crippen LogP contribution in [0.5, 0.6) is 0 Å². The molecule has 0 bridgehead atoms. The standard InChI is InChI=1S/C19H19N5OS/c1-2-23-11-24(10-15(23)25)18-16-13-6-3-7-14(13)26-19(16)22-17(21-18)12-5-4-8-20-9-12/h4-5,8-9H,2-3,6-7,10-11H2,1H3. The zero-order chi connectivity index (χ0) is 17.7. The second kappa shape index (κ2) is 6.02. The summed E-state index contributed by atoms with van der Waals surface area (Å²) in [7, 11) is 0. The molecule has 1 saturated heterocycles. The van der Waals surface area contributed by atoms with Crippen molar-refractivity contribution in [3.8, 4) is 11.4 Å².